The van der Waals surface area contributed by atoms with Crippen molar-refractivity contribution in [1.82, 2.24) is 4.90 Å². The molecule has 158 valence electrons. The van der Waals surface area contributed by atoms with Crippen molar-refractivity contribution < 1.29 is 13.9 Å². The largest absolute Gasteiger partial charge is 0.393 e. The first kappa shape index (κ1) is 20.2. The van der Waals surface area contributed by atoms with Crippen LogP contribution in [0.15, 0.2) is 51.8 Å². The number of nitrogens with zero attached hydrogens (tertiary/aromatic N) is 1. The van der Waals surface area contributed by atoms with Crippen LogP contribution in [0.4, 0.5) is 8.78 Å². The molecule has 2 fully saturated rings. The number of hydrogen-bond donors (Lipinski definition) is 1. The van der Waals surface area contributed by atoms with Crippen molar-refractivity contribution in [2.45, 2.75) is 54.4 Å². The Morgan fingerprint density at radius 3 is 2.00 bits per heavy atom. The van der Waals surface area contributed by atoms with Gasteiger partial charge in [0.15, 0.2) is 0 Å². The number of piperidine rings is 1. The summed E-state index contributed by atoms with van der Waals surface area (Å²) in [6.07, 6.45) is 6.00. The minimum atomic E-state index is -0.252. The van der Waals surface area contributed by atoms with E-state index in [1.54, 1.807) is 12.1 Å². The summed E-state index contributed by atoms with van der Waals surface area (Å²) in [6, 6.07) is 9.96. The van der Waals surface area contributed by atoms with Crippen LogP contribution in [0.5, 0.6) is 0 Å². The Morgan fingerprint density at radius 2 is 1.43 bits per heavy atom. The molecule has 2 aromatic carbocycles. The molecule has 0 atom stereocenters. The molecule has 1 saturated carbocycles. The maximum Gasteiger partial charge on any atom is 0.124 e. The predicted molar refractivity (Wildman–Crippen MR) is 117 cm³/mol. The third-order valence-corrected chi connectivity index (χ3v) is 7.91. The molecule has 0 bridgehead atoms. The predicted octanol–water partition coefficient (Wildman–Crippen LogP) is 5.88. The lowest BCUT2D eigenvalue weighted by Gasteiger charge is -2.35. The van der Waals surface area contributed by atoms with Crippen LogP contribution >= 0.6 is 11.8 Å². The summed E-state index contributed by atoms with van der Waals surface area (Å²) in [4.78, 5) is 4.30. The van der Waals surface area contributed by atoms with E-state index < -0.39 is 0 Å². The highest BCUT2D eigenvalue weighted by Crippen LogP contribution is 2.48. The number of halogens is 2. The van der Waals surface area contributed by atoms with Gasteiger partial charge in [-0.15, -0.1) is 0 Å². The zero-order valence-corrected chi connectivity index (χ0v) is 17.9. The zero-order valence-electron chi connectivity index (χ0n) is 17.0. The van der Waals surface area contributed by atoms with Gasteiger partial charge in [0.2, 0.25) is 0 Å². The normalized spacial score (nSPS) is 24.5. The van der Waals surface area contributed by atoms with Crippen LogP contribution in [-0.2, 0) is 0 Å². The van der Waals surface area contributed by atoms with Crippen LogP contribution in [0.25, 0.3) is 5.57 Å². The maximum absolute atomic E-state index is 13.9. The van der Waals surface area contributed by atoms with Crippen molar-refractivity contribution in [3.63, 3.8) is 0 Å². The van der Waals surface area contributed by atoms with Crippen molar-refractivity contribution in [2.75, 3.05) is 19.6 Å². The smallest absolute Gasteiger partial charge is 0.124 e. The fraction of sp³-hybridized carbons (Fsp3) is 0.440. The van der Waals surface area contributed by atoms with Crippen LogP contribution in [0.3, 0.4) is 0 Å². The van der Waals surface area contributed by atoms with Crippen molar-refractivity contribution in [1.29, 1.82) is 0 Å². The number of aliphatic hydroxyl groups is 1. The molecule has 2 heterocycles. The number of fused-ring (bicyclic) bond motifs is 2. The number of aliphatic hydroxyl groups excluding tert-OH is 1. The Bertz CT molecular complexity index is 918. The molecule has 0 aromatic heterocycles. The van der Waals surface area contributed by atoms with E-state index in [0.29, 0.717) is 5.92 Å². The highest BCUT2D eigenvalue weighted by Gasteiger charge is 2.28. The highest BCUT2D eigenvalue weighted by atomic mass is 32.2. The molecule has 5 heteroatoms. The Balaban J connectivity index is 1.40. The summed E-state index contributed by atoms with van der Waals surface area (Å²) in [5, 5.41) is 9.74. The second kappa shape index (κ2) is 8.45. The van der Waals surface area contributed by atoms with Crippen LogP contribution < -0.4 is 0 Å². The maximum atomic E-state index is 13.9. The number of rotatable bonds is 2. The fourth-order valence-electron chi connectivity index (χ4n) is 5.17. The molecular formula is C25H27F2NOS. The second-order valence-corrected chi connectivity index (χ2v) is 9.92. The topological polar surface area (TPSA) is 23.5 Å². The van der Waals surface area contributed by atoms with E-state index in [-0.39, 0.29) is 17.7 Å². The molecule has 30 heavy (non-hydrogen) atoms. The summed E-state index contributed by atoms with van der Waals surface area (Å²) in [7, 11) is 0. The zero-order chi connectivity index (χ0) is 20.7. The van der Waals surface area contributed by atoms with Gasteiger partial charge >= 0.3 is 0 Å². The Labute approximate surface area is 181 Å². The molecule has 1 aliphatic carbocycles. The summed E-state index contributed by atoms with van der Waals surface area (Å²) in [5.41, 5.74) is 4.72. The van der Waals surface area contributed by atoms with Crippen molar-refractivity contribution >= 4 is 17.3 Å². The van der Waals surface area contributed by atoms with Gasteiger partial charge in [-0.05, 0) is 85.4 Å². The fourth-order valence-corrected chi connectivity index (χ4v) is 6.31. The SMILES string of the molecule is OC1CCC(CN2CCC(=C3c4ccc(F)cc4Sc4cc(F)ccc43)CC2)CC1. The molecule has 0 radical (unpaired) electrons. The molecule has 1 saturated heterocycles. The summed E-state index contributed by atoms with van der Waals surface area (Å²) in [5.74, 6) is 0.192. The third kappa shape index (κ3) is 4.08. The molecule has 0 spiro atoms. The number of benzene rings is 2. The third-order valence-electron chi connectivity index (χ3n) is 6.79. The molecule has 2 nitrogen and oxygen atoms in total. The van der Waals surface area contributed by atoms with E-state index in [4.69, 9.17) is 0 Å². The van der Waals surface area contributed by atoms with Gasteiger partial charge in [0.05, 0.1) is 6.10 Å². The first-order valence-electron chi connectivity index (χ1n) is 11.0. The van der Waals surface area contributed by atoms with Gasteiger partial charge in [-0.3, -0.25) is 0 Å². The van der Waals surface area contributed by atoms with Crippen LogP contribution in [0, 0.1) is 17.6 Å². The lowest BCUT2D eigenvalue weighted by Crippen LogP contribution is -2.36. The van der Waals surface area contributed by atoms with E-state index in [1.165, 1.54) is 35.0 Å². The molecule has 0 unspecified atom stereocenters. The van der Waals surface area contributed by atoms with Gasteiger partial charge in [-0.2, -0.15) is 0 Å². The van der Waals surface area contributed by atoms with Crippen molar-refractivity contribution in [3.8, 4) is 0 Å². The summed E-state index contributed by atoms with van der Waals surface area (Å²) >= 11 is 1.46. The van der Waals surface area contributed by atoms with Crippen LogP contribution in [0.2, 0.25) is 0 Å². The Kier molecular flexibility index (Phi) is 5.69. The molecule has 0 amide bonds. The Hall–Kier alpha value is -1.69. The lowest BCUT2D eigenvalue weighted by atomic mass is 9.85. The molecule has 2 aromatic rings. The van der Waals surface area contributed by atoms with E-state index in [9.17, 15) is 13.9 Å². The number of likely N-dealkylation sites (tertiary alicyclic amines) is 1. The first-order chi connectivity index (χ1) is 14.6. The van der Waals surface area contributed by atoms with E-state index >= 15 is 0 Å². The number of hydrogen-bond acceptors (Lipinski definition) is 3. The van der Waals surface area contributed by atoms with Gasteiger partial charge in [-0.25, -0.2) is 8.78 Å². The minimum absolute atomic E-state index is 0.0991. The molecule has 3 aliphatic rings. The second-order valence-electron chi connectivity index (χ2n) is 8.84. The van der Waals surface area contributed by atoms with Crippen LogP contribution in [0.1, 0.15) is 49.7 Å². The van der Waals surface area contributed by atoms with E-state index in [2.05, 4.69) is 4.90 Å². The molecule has 1 N–H and O–H groups in total. The average Bonchev–Trinajstić information content (AvgIpc) is 2.74. The van der Waals surface area contributed by atoms with E-state index in [1.807, 2.05) is 12.1 Å². The first-order valence-corrected chi connectivity index (χ1v) is 11.8. The molecule has 2 aliphatic heterocycles. The highest BCUT2D eigenvalue weighted by molar-refractivity contribution is 7.99. The molecule has 5 rings (SSSR count). The lowest BCUT2D eigenvalue weighted by molar-refractivity contribution is 0.0923. The van der Waals surface area contributed by atoms with Gasteiger partial charge in [0, 0.05) is 29.4 Å². The van der Waals surface area contributed by atoms with E-state index in [0.717, 1.165) is 79.1 Å². The summed E-state index contributed by atoms with van der Waals surface area (Å²) in [6.45, 7) is 3.17. The summed E-state index contributed by atoms with van der Waals surface area (Å²) < 4.78 is 27.8. The van der Waals surface area contributed by atoms with Gasteiger partial charge in [0.25, 0.3) is 0 Å². The quantitative estimate of drug-likeness (QED) is 0.553. The minimum Gasteiger partial charge on any atom is -0.393 e. The standard InChI is InChI=1S/C25H27F2NOS/c26-18-3-7-21-23(13-18)30-24-14-19(27)4-8-22(24)25(21)17-9-11-28(12-10-17)15-16-1-5-20(29)6-2-16/h3-4,7-8,13-14,16,20,29H,1-2,5-6,9-12,15H2. The van der Waals surface area contributed by atoms with Gasteiger partial charge < -0.3 is 10.0 Å². The van der Waals surface area contributed by atoms with Crippen molar-refractivity contribution in [3.05, 3.63) is 64.7 Å². The van der Waals surface area contributed by atoms with Crippen molar-refractivity contribution in [2.24, 2.45) is 5.92 Å². The average molecular weight is 428 g/mol. The monoisotopic (exact) mass is 427 g/mol. The Morgan fingerprint density at radius 1 is 0.867 bits per heavy atom. The van der Waals surface area contributed by atoms with Crippen LogP contribution in [-0.4, -0.2) is 35.7 Å². The molecular weight excluding hydrogens is 400 g/mol. The van der Waals surface area contributed by atoms with Gasteiger partial charge in [0.1, 0.15) is 11.6 Å². The van der Waals surface area contributed by atoms with Gasteiger partial charge in [-0.1, -0.05) is 29.5 Å².